The van der Waals surface area contributed by atoms with Gasteiger partial charge in [0.15, 0.2) is 5.78 Å². The van der Waals surface area contributed by atoms with Crippen molar-refractivity contribution in [1.82, 2.24) is 20.2 Å². The molecule has 45 heavy (non-hydrogen) atoms. The molecule has 3 fully saturated rings. The number of nitrogens with zero attached hydrogens (tertiary/aromatic N) is 6. The van der Waals surface area contributed by atoms with Crippen molar-refractivity contribution in [3.05, 3.63) is 30.0 Å². The minimum atomic E-state index is -4.03. The van der Waals surface area contributed by atoms with Gasteiger partial charge in [0.25, 0.3) is 11.8 Å². The Morgan fingerprint density at radius 2 is 1.67 bits per heavy atom. The summed E-state index contributed by atoms with van der Waals surface area (Å²) in [5, 5.41) is 7.26. The topological polar surface area (TPSA) is 144 Å². The molecule has 1 aromatic carbocycles. The van der Waals surface area contributed by atoms with E-state index >= 15 is 0 Å². The normalized spacial score (nSPS) is 19.8. The van der Waals surface area contributed by atoms with Gasteiger partial charge in [0, 0.05) is 51.8 Å². The van der Waals surface area contributed by atoms with Crippen molar-refractivity contribution in [2.45, 2.75) is 63.5 Å². The summed E-state index contributed by atoms with van der Waals surface area (Å²) in [7, 11) is -2.69. The number of halogens is 2. The van der Waals surface area contributed by atoms with E-state index in [0.717, 1.165) is 31.6 Å². The highest BCUT2D eigenvalue weighted by Gasteiger charge is 2.44. The van der Waals surface area contributed by atoms with Crippen molar-refractivity contribution in [3.63, 3.8) is 0 Å². The number of ketones is 1. The van der Waals surface area contributed by atoms with Crippen LogP contribution in [0.4, 0.5) is 26.1 Å². The molecule has 3 aromatic rings. The number of anilines is 3. The number of rotatable bonds is 10. The van der Waals surface area contributed by atoms with E-state index < -0.39 is 27.0 Å². The van der Waals surface area contributed by atoms with Gasteiger partial charge < -0.3 is 19.0 Å². The van der Waals surface area contributed by atoms with Gasteiger partial charge in [-0.25, -0.2) is 27.2 Å². The van der Waals surface area contributed by atoms with Gasteiger partial charge in [0.2, 0.25) is 21.9 Å². The van der Waals surface area contributed by atoms with Gasteiger partial charge in [-0.2, -0.15) is 0 Å². The number of ether oxygens (including phenoxy) is 1. The fraction of sp³-hybridized carbons (Fsp3) is 0.567. The van der Waals surface area contributed by atoms with Crippen molar-refractivity contribution < 1.29 is 31.1 Å². The Morgan fingerprint density at radius 3 is 2.33 bits per heavy atom. The third kappa shape index (κ3) is 6.78. The van der Waals surface area contributed by atoms with Gasteiger partial charge in [-0.05, 0) is 69.2 Å². The first kappa shape index (κ1) is 31.3. The van der Waals surface area contributed by atoms with Crippen LogP contribution < -0.4 is 14.5 Å². The predicted octanol–water partition coefficient (Wildman–Crippen LogP) is 4.46. The maximum Gasteiger partial charge on any atom is 0.266 e. The van der Waals surface area contributed by atoms with Gasteiger partial charge in [-0.1, -0.05) is 0 Å². The molecular formula is C30H37F2N7O5S. The van der Waals surface area contributed by atoms with Crippen molar-refractivity contribution in [1.29, 1.82) is 0 Å². The number of hydrogen-bond acceptors (Lipinski definition) is 11. The van der Waals surface area contributed by atoms with Crippen LogP contribution in [-0.4, -0.2) is 85.4 Å². The molecule has 0 bridgehead atoms. The van der Waals surface area contributed by atoms with E-state index in [1.165, 1.54) is 26.9 Å². The second-order valence-corrected chi connectivity index (χ2v) is 14.4. The van der Waals surface area contributed by atoms with E-state index in [-0.39, 0.29) is 44.3 Å². The van der Waals surface area contributed by atoms with Crippen LogP contribution in [0.3, 0.4) is 0 Å². The zero-order valence-corrected chi connectivity index (χ0v) is 26.4. The number of piperidine rings is 2. The molecule has 4 heterocycles. The molecule has 0 radical (unpaired) electrons. The van der Waals surface area contributed by atoms with Crippen molar-refractivity contribution >= 4 is 33.1 Å². The van der Waals surface area contributed by atoms with Gasteiger partial charge in [0.1, 0.15) is 17.6 Å². The summed E-state index contributed by atoms with van der Waals surface area (Å²) >= 11 is 0. The number of methoxy groups -OCH3 is 1. The average Bonchev–Trinajstić information content (AvgIpc) is 3.56. The standard InChI is InChI=1S/C30H37F2N7O5S/c1-19-16-23(34-28(33-19)39-14-10-30(31,32)11-15-39)27-36-35-26(44-27)22-5-4-21(37-45(41,42)20(2)25(40)18-43-3)17-24(22)38-12-8-29(6-7-29)9-13-38/h4-5,16-17,20,37H,6-15,18H2,1-3H3. The monoisotopic (exact) mass is 645 g/mol. The van der Waals surface area contributed by atoms with Crippen LogP contribution in [0.15, 0.2) is 28.7 Å². The highest BCUT2D eigenvalue weighted by atomic mass is 32.2. The fourth-order valence-electron chi connectivity index (χ4n) is 5.89. The van der Waals surface area contributed by atoms with Gasteiger partial charge in [-0.15, -0.1) is 10.2 Å². The lowest BCUT2D eigenvalue weighted by Crippen LogP contribution is -2.40. The van der Waals surface area contributed by atoms with Gasteiger partial charge >= 0.3 is 0 Å². The van der Waals surface area contributed by atoms with E-state index in [1.54, 1.807) is 36.1 Å². The number of Topliss-reactive ketones (excluding diaryl/α,β-unsaturated/α-hetero) is 1. The minimum absolute atomic E-state index is 0.140. The zero-order valence-electron chi connectivity index (χ0n) is 25.6. The maximum absolute atomic E-state index is 13.7. The minimum Gasteiger partial charge on any atom is -0.415 e. The molecule has 15 heteroatoms. The molecule has 242 valence electrons. The molecular weight excluding hydrogens is 608 g/mol. The van der Waals surface area contributed by atoms with Crippen LogP contribution in [0.2, 0.25) is 0 Å². The van der Waals surface area contributed by atoms with Crippen molar-refractivity contribution in [2.75, 3.05) is 54.4 Å². The van der Waals surface area contributed by atoms with E-state index in [4.69, 9.17) is 9.15 Å². The number of alkyl halides is 2. The van der Waals surface area contributed by atoms with Crippen LogP contribution in [0.5, 0.6) is 0 Å². The number of hydrogen-bond donors (Lipinski definition) is 1. The van der Waals surface area contributed by atoms with E-state index in [0.29, 0.717) is 34.0 Å². The summed E-state index contributed by atoms with van der Waals surface area (Å²) in [5.41, 5.74) is 3.08. The number of aryl methyl sites for hydroxylation is 1. The Hall–Kier alpha value is -3.72. The highest BCUT2D eigenvalue weighted by molar-refractivity contribution is 7.94. The summed E-state index contributed by atoms with van der Waals surface area (Å²) in [6.07, 6.45) is 4.00. The number of aromatic nitrogens is 4. The molecule has 1 aliphatic carbocycles. The molecule has 1 unspecified atom stereocenters. The fourth-order valence-corrected chi connectivity index (χ4v) is 6.94. The van der Waals surface area contributed by atoms with Crippen LogP contribution in [0.25, 0.3) is 23.0 Å². The lowest BCUT2D eigenvalue weighted by Gasteiger charge is -2.35. The largest absolute Gasteiger partial charge is 0.415 e. The SMILES string of the molecule is COCC(=O)C(C)S(=O)(=O)Nc1ccc(-c2nnc(-c3cc(C)nc(N4CCC(F)(F)CC4)n3)o2)c(N2CCC3(CC2)CC3)c1. The molecule has 1 atom stereocenters. The first-order valence-electron chi connectivity index (χ1n) is 15.1. The van der Waals surface area contributed by atoms with E-state index in [2.05, 4.69) is 29.8 Å². The number of carbonyl (C=O) groups excluding carboxylic acids is 1. The van der Waals surface area contributed by atoms with Gasteiger partial charge in [0.05, 0.1) is 16.9 Å². The second kappa shape index (κ2) is 11.9. The van der Waals surface area contributed by atoms with Crippen molar-refractivity contribution in [2.24, 2.45) is 5.41 Å². The predicted molar refractivity (Wildman–Crippen MR) is 164 cm³/mol. The summed E-state index contributed by atoms with van der Waals surface area (Å²) in [5.74, 6) is -2.54. The van der Waals surface area contributed by atoms with Crippen molar-refractivity contribution in [3.8, 4) is 23.0 Å². The lowest BCUT2D eigenvalue weighted by atomic mass is 9.93. The molecule has 2 aliphatic heterocycles. The highest BCUT2D eigenvalue weighted by Crippen LogP contribution is 2.54. The zero-order chi connectivity index (χ0) is 32.0. The average molecular weight is 646 g/mol. The lowest BCUT2D eigenvalue weighted by molar-refractivity contribution is -0.121. The quantitative estimate of drug-likeness (QED) is 0.334. The maximum atomic E-state index is 13.7. The summed E-state index contributed by atoms with van der Waals surface area (Å²) in [6, 6.07) is 6.75. The third-order valence-corrected chi connectivity index (χ3v) is 10.8. The van der Waals surface area contributed by atoms with E-state index in [9.17, 15) is 22.0 Å². The summed E-state index contributed by atoms with van der Waals surface area (Å²) in [6.45, 7) is 4.67. The van der Waals surface area contributed by atoms with Crippen LogP contribution >= 0.6 is 0 Å². The van der Waals surface area contributed by atoms with E-state index in [1.807, 2.05) is 0 Å². The Kier molecular flexibility index (Phi) is 8.27. The number of carbonyl (C=O) groups is 1. The molecule has 3 aliphatic rings. The first-order chi connectivity index (χ1) is 21.4. The number of nitrogens with one attached hydrogen (secondary N) is 1. The number of sulfonamides is 1. The Balaban J connectivity index is 1.29. The molecule has 2 aromatic heterocycles. The first-order valence-corrected chi connectivity index (χ1v) is 16.7. The number of benzene rings is 1. The molecule has 0 amide bonds. The molecule has 1 N–H and O–H groups in total. The molecule has 1 spiro atoms. The van der Waals surface area contributed by atoms with Crippen LogP contribution in [0.1, 0.15) is 51.1 Å². The molecule has 6 rings (SSSR count). The third-order valence-electron chi connectivity index (χ3n) is 9.08. The van der Waals surface area contributed by atoms with Crippen LogP contribution in [0, 0.1) is 12.3 Å². The molecule has 12 nitrogen and oxygen atoms in total. The smallest absolute Gasteiger partial charge is 0.266 e. The summed E-state index contributed by atoms with van der Waals surface area (Å²) in [4.78, 5) is 25.2. The van der Waals surface area contributed by atoms with Gasteiger partial charge in [-0.3, -0.25) is 9.52 Å². The molecule has 1 saturated carbocycles. The molecule has 2 saturated heterocycles. The van der Waals surface area contributed by atoms with Crippen LogP contribution in [-0.2, 0) is 19.6 Å². The second-order valence-electron chi connectivity index (χ2n) is 12.4. The Labute approximate surface area is 260 Å². The Bertz CT molecular complexity index is 1680. The Morgan fingerprint density at radius 1 is 1.00 bits per heavy atom. The summed E-state index contributed by atoms with van der Waals surface area (Å²) < 4.78 is 67.0.